The lowest BCUT2D eigenvalue weighted by Gasteiger charge is -2.72. The van der Waals surface area contributed by atoms with Crippen LogP contribution in [0.2, 0.25) is 0 Å². The van der Waals surface area contributed by atoms with Gasteiger partial charge in [-0.15, -0.1) is 0 Å². The smallest absolute Gasteiger partial charge is 0.317 e. The molecule has 1 heterocycles. The molecule has 5 aliphatic carbocycles. The Kier molecular flexibility index (Phi) is 7.20. The minimum atomic E-state index is -0.761. The fraction of sp³-hybridized carbons (Fsp3) is 0.882. The third-order valence-electron chi connectivity index (χ3n) is 14.3. The summed E-state index contributed by atoms with van der Waals surface area (Å²) in [7, 11) is -0.236. The van der Waals surface area contributed by atoms with E-state index in [1.165, 1.54) is 5.57 Å². The van der Waals surface area contributed by atoms with Gasteiger partial charge >= 0.3 is 11.9 Å². The number of rotatable bonds is 5. The van der Waals surface area contributed by atoms with E-state index in [1.807, 2.05) is 0 Å². The van der Waals surface area contributed by atoms with Gasteiger partial charge in [0.05, 0.1) is 18.6 Å². The second kappa shape index (κ2) is 9.85. The first-order chi connectivity index (χ1) is 19.6. The zero-order valence-electron chi connectivity index (χ0n) is 26.6. The van der Waals surface area contributed by atoms with Crippen LogP contribution >= 0.6 is 8.46 Å². The maximum atomic E-state index is 13.1. The molecule has 6 rings (SSSR count). The molecule has 5 fully saturated rings. The summed E-state index contributed by atoms with van der Waals surface area (Å²) < 4.78 is 30.1. The van der Waals surface area contributed by atoms with Crippen LogP contribution in [0, 0.1) is 50.2 Å². The van der Waals surface area contributed by atoms with Gasteiger partial charge in [-0.25, -0.2) is 0 Å². The molecule has 0 radical (unpaired) electrons. The molecule has 3 unspecified atom stereocenters. The maximum absolute atomic E-state index is 13.1. The van der Waals surface area contributed by atoms with E-state index in [4.69, 9.17) is 14.2 Å². The fourth-order valence-corrected chi connectivity index (χ4v) is 12.1. The maximum Gasteiger partial charge on any atom is 0.317 e. The van der Waals surface area contributed by atoms with Crippen molar-refractivity contribution in [2.75, 3.05) is 26.0 Å². The first kappa shape index (κ1) is 30.7. The molecule has 1 spiro atoms. The summed E-state index contributed by atoms with van der Waals surface area (Å²) in [4.78, 5) is 25.8. The summed E-state index contributed by atoms with van der Waals surface area (Å²) in [5.74, 6) is -0.932. The lowest BCUT2D eigenvalue weighted by Crippen LogP contribution is -2.68. The van der Waals surface area contributed by atoms with E-state index in [-0.39, 0.29) is 48.8 Å². The Morgan fingerprint density at radius 2 is 1.64 bits per heavy atom. The quantitative estimate of drug-likeness (QED) is 0.198. The van der Waals surface area contributed by atoms with Crippen molar-refractivity contribution in [1.29, 1.82) is 0 Å². The van der Waals surface area contributed by atoms with Crippen molar-refractivity contribution in [3.63, 3.8) is 0 Å². The normalized spacial score (nSPS) is 44.7. The highest BCUT2D eigenvalue weighted by Crippen LogP contribution is 2.77. The van der Waals surface area contributed by atoms with Crippen LogP contribution in [0.4, 0.5) is 0 Å². The molecule has 0 amide bonds. The third-order valence-corrected chi connectivity index (χ3v) is 14.7. The summed E-state index contributed by atoms with van der Waals surface area (Å²) in [5.41, 5.74) is -0.174. The lowest BCUT2D eigenvalue weighted by atomic mass is 9.33. The molecule has 7 nitrogen and oxygen atoms in total. The van der Waals surface area contributed by atoms with E-state index in [0.717, 1.165) is 44.9 Å². The summed E-state index contributed by atoms with van der Waals surface area (Å²) in [5, 5.41) is 10.7. The molecule has 0 aromatic carbocycles. The van der Waals surface area contributed by atoms with Crippen molar-refractivity contribution >= 4 is 20.4 Å². The molecular weight excluding hydrogens is 551 g/mol. The second-order valence-electron chi connectivity index (χ2n) is 16.5. The van der Waals surface area contributed by atoms with Crippen molar-refractivity contribution < 1.29 is 33.5 Å². The molecule has 6 aliphatic rings. The van der Waals surface area contributed by atoms with Crippen molar-refractivity contribution in [3.05, 3.63) is 11.6 Å². The fourth-order valence-electron chi connectivity index (χ4n) is 11.9. The number of carbonyl (C=O) groups is 2. The predicted octanol–water partition coefficient (Wildman–Crippen LogP) is 7.43. The number of aliphatic carboxylic acids is 1. The molecule has 0 aromatic heterocycles. The van der Waals surface area contributed by atoms with Crippen molar-refractivity contribution in [1.82, 2.24) is 0 Å². The van der Waals surface area contributed by atoms with E-state index in [1.54, 1.807) is 0 Å². The van der Waals surface area contributed by atoms with Crippen LogP contribution in [0.5, 0.6) is 0 Å². The Bertz CT molecular complexity index is 1190. The number of esters is 1. The Balaban J connectivity index is 1.46. The molecule has 0 aromatic rings. The Morgan fingerprint density at radius 1 is 0.952 bits per heavy atom. The predicted molar refractivity (Wildman–Crippen MR) is 159 cm³/mol. The minimum absolute atomic E-state index is 0.0386. The first-order valence-corrected chi connectivity index (χ1v) is 17.3. The number of carboxylic acids is 1. The zero-order chi connectivity index (χ0) is 30.4. The van der Waals surface area contributed by atoms with Crippen LogP contribution in [0.3, 0.4) is 0 Å². The van der Waals surface area contributed by atoms with E-state index in [0.29, 0.717) is 44.3 Å². The van der Waals surface area contributed by atoms with Gasteiger partial charge in [-0.1, -0.05) is 53.2 Å². The topological polar surface area (TPSA) is 99.1 Å². The number of hydrogen-bond donors (Lipinski definition) is 1. The lowest BCUT2D eigenvalue weighted by molar-refractivity contribution is -0.308. The number of fused-ring (bicyclic) bond motifs is 7. The SMILES string of the molecule is CC1(C)CC[C@]2(C(=O)O)CC[C@]3(COC(=O)CP=O)C(=CCC4[C@@]5(C)CCC6(OCCO6)C(C)(C)C5CC[C@]43C)C2C1. The Hall–Kier alpha value is -1.30. The summed E-state index contributed by atoms with van der Waals surface area (Å²) in [6, 6.07) is 0. The van der Waals surface area contributed by atoms with Crippen LogP contribution in [-0.2, 0) is 28.4 Å². The number of hydrogen-bond acceptors (Lipinski definition) is 6. The first-order valence-electron chi connectivity index (χ1n) is 16.3. The number of carboxylic acid groups (broad SMARTS) is 1. The average molecular weight is 603 g/mol. The van der Waals surface area contributed by atoms with Crippen LogP contribution in [0.25, 0.3) is 0 Å². The van der Waals surface area contributed by atoms with Gasteiger partial charge in [0.2, 0.25) is 0 Å². The summed E-state index contributed by atoms with van der Waals surface area (Å²) >= 11 is 0. The Morgan fingerprint density at radius 3 is 2.31 bits per heavy atom. The van der Waals surface area contributed by atoms with Crippen molar-refractivity contribution in [3.8, 4) is 0 Å². The van der Waals surface area contributed by atoms with Crippen LogP contribution in [0.15, 0.2) is 11.6 Å². The van der Waals surface area contributed by atoms with Crippen LogP contribution < -0.4 is 0 Å². The molecule has 42 heavy (non-hydrogen) atoms. The van der Waals surface area contributed by atoms with Crippen LogP contribution in [-0.4, -0.2) is 48.8 Å². The summed E-state index contributed by atoms with van der Waals surface area (Å²) in [6.07, 6.45) is 10.9. The highest BCUT2D eigenvalue weighted by atomic mass is 31.1. The number of ether oxygens (including phenoxy) is 3. The molecule has 4 saturated carbocycles. The molecule has 7 atom stereocenters. The standard InChI is InChI=1S/C34H51O7P/c1-28(2)11-13-32(27(36)37)14-15-33(21-39-26(35)20-42-38)22(23(32)19-28)7-8-25-30(5)12-16-34(40-17-18-41-34)29(3,4)24(30)9-10-31(25,33)6/h7,23-25H,8-21H2,1-6H3,(H,36,37)/t23?,24?,25?,30-,31+,32-,33-/m0/s1. The zero-order valence-corrected chi connectivity index (χ0v) is 27.4. The van der Waals surface area contributed by atoms with E-state index in [2.05, 4.69) is 47.6 Å². The van der Waals surface area contributed by atoms with E-state index < -0.39 is 28.6 Å². The van der Waals surface area contributed by atoms with Gasteiger partial charge in [-0.2, -0.15) is 0 Å². The van der Waals surface area contributed by atoms with Gasteiger partial charge in [0.25, 0.3) is 0 Å². The van der Waals surface area contributed by atoms with Gasteiger partial charge in [0.1, 0.15) is 12.8 Å². The van der Waals surface area contributed by atoms with E-state index >= 15 is 0 Å². The van der Waals surface area contributed by atoms with Gasteiger partial charge in [0.15, 0.2) is 14.2 Å². The molecule has 1 N–H and O–H groups in total. The molecule has 0 bridgehead atoms. The number of carbonyl (C=O) groups excluding carboxylic acids is 1. The van der Waals surface area contributed by atoms with Crippen molar-refractivity contribution in [2.24, 2.45) is 50.2 Å². The highest BCUT2D eigenvalue weighted by molar-refractivity contribution is 7.25. The second-order valence-corrected chi connectivity index (χ2v) is 17.1. The monoisotopic (exact) mass is 602 g/mol. The highest BCUT2D eigenvalue weighted by Gasteiger charge is 2.73. The molecular formula is C34H51O7P. The van der Waals surface area contributed by atoms with Gasteiger partial charge < -0.3 is 19.3 Å². The van der Waals surface area contributed by atoms with Gasteiger partial charge in [-0.05, 0) is 91.8 Å². The number of allylic oxidation sites excluding steroid dienone is 1. The van der Waals surface area contributed by atoms with Crippen molar-refractivity contribution in [2.45, 2.75) is 112 Å². The molecule has 1 saturated heterocycles. The van der Waals surface area contributed by atoms with Crippen LogP contribution in [0.1, 0.15) is 106 Å². The molecule has 1 aliphatic heterocycles. The average Bonchev–Trinajstić information content (AvgIpc) is 3.41. The molecule has 234 valence electrons. The minimum Gasteiger partial charge on any atom is -0.481 e. The van der Waals surface area contributed by atoms with E-state index in [9.17, 15) is 19.3 Å². The van der Waals surface area contributed by atoms with Gasteiger partial charge in [-0.3, -0.25) is 14.2 Å². The summed E-state index contributed by atoms with van der Waals surface area (Å²) in [6.45, 7) is 15.7. The molecule has 8 heteroatoms. The largest absolute Gasteiger partial charge is 0.481 e. The Labute approximate surface area is 253 Å². The van der Waals surface area contributed by atoms with Gasteiger partial charge in [0, 0.05) is 17.3 Å². The third kappa shape index (κ3) is 3.97.